The van der Waals surface area contributed by atoms with Gasteiger partial charge in [-0.25, -0.2) is 4.39 Å². The second-order valence-corrected chi connectivity index (χ2v) is 4.90. The van der Waals surface area contributed by atoms with E-state index in [0.29, 0.717) is 24.8 Å². The van der Waals surface area contributed by atoms with Crippen LogP contribution in [-0.4, -0.2) is 48.9 Å². The van der Waals surface area contributed by atoms with Crippen LogP contribution >= 0.6 is 0 Å². The normalized spacial score (nSPS) is 19.6. The third kappa shape index (κ3) is 2.46. The average molecular weight is 251 g/mol. The van der Waals surface area contributed by atoms with Crippen molar-refractivity contribution in [1.29, 1.82) is 0 Å². The summed E-state index contributed by atoms with van der Waals surface area (Å²) in [6, 6.07) is 4.55. The van der Waals surface area contributed by atoms with Gasteiger partial charge in [-0.1, -0.05) is 0 Å². The van der Waals surface area contributed by atoms with E-state index in [-0.39, 0.29) is 11.5 Å². The molecule has 0 bridgehead atoms. The van der Waals surface area contributed by atoms with E-state index in [0.717, 1.165) is 6.42 Å². The van der Waals surface area contributed by atoms with Crippen LogP contribution in [0, 0.1) is 5.82 Å². The van der Waals surface area contributed by atoms with E-state index in [1.165, 1.54) is 12.1 Å². The van der Waals surface area contributed by atoms with E-state index in [2.05, 4.69) is 4.90 Å². The number of carbonyl (C=O) groups is 1. The van der Waals surface area contributed by atoms with E-state index in [1.54, 1.807) is 11.0 Å². The quantitative estimate of drug-likeness (QED) is 0.803. The predicted molar refractivity (Wildman–Crippen MR) is 68.8 cm³/mol. The van der Waals surface area contributed by atoms with Crippen molar-refractivity contribution in [1.82, 2.24) is 9.80 Å². The van der Waals surface area contributed by atoms with Crippen molar-refractivity contribution in [3.63, 3.8) is 0 Å². The van der Waals surface area contributed by atoms with Crippen LogP contribution < -0.4 is 5.73 Å². The summed E-state index contributed by atoms with van der Waals surface area (Å²) in [6.45, 7) is 1.32. The summed E-state index contributed by atoms with van der Waals surface area (Å²) in [5.41, 5.74) is 5.90. The third-order valence-corrected chi connectivity index (χ3v) is 3.40. The van der Waals surface area contributed by atoms with Crippen molar-refractivity contribution < 1.29 is 9.18 Å². The van der Waals surface area contributed by atoms with E-state index in [4.69, 9.17) is 5.73 Å². The summed E-state index contributed by atoms with van der Waals surface area (Å²) in [5.74, 6) is -0.801. The molecule has 1 aliphatic heterocycles. The van der Waals surface area contributed by atoms with E-state index in [1.807, 2.05) is 14.1 Å². The molecule has 1 heterocycles. The molecule has 0 radical (unpaired) electrons. The van der Waals surface area contributed by atoms with Crippen molar-refractivity contribution in [3.8, 4) is 0 Å². The molecule has 1 saturated heterocycles. The summed E-state index contributed by atoms with van der Waals surface area (Å²) >= 11 is 0. The number of hydrogen-bond donors (Lipinski definition) is 1. The van der Waals surface area contributed by atoms with Crippen molar-refractivity contribution in [2.45, 2.75) is 12.5 Å². The highest BCUT2D eigenvalue weighted by Gasteiger charge is 2.29. The van der Waals surface area contributed by atoms with Gasteiger partial charge in [-0.05, 0) is 38.7 Å². The maximum atomic E-state index is 13.7. The van der Waals surface area contributed by atoms with Gasteiger partial charge in [0.2, 0.25) is 0 Å². The van der Waals surface area contributed by atoms with Gasteiger partial charge in [0.05, 0.1) is 5.56 Å². The molecule has 0 saturated carbocycles. The number of nitrogens with two attached hydrogens (primary N) is 1. The van der Waals surface area contributed by atoms with Crippen LogP contribution in [0.2, 0.25) is 0 Å². The van der Waals surface area contributed by atoms with Crippen LogP contribution in [0.15, 0.2) is 18.2 Å². The Labute approximate surface area is 106 Å². The molecule has 98 valence electrons. The SMILES string of the molecule is CN(C)C1CCN(C(=O)c2ccc(N)cc2F)C1. The van der Waals surface area contributed by atoms with Crippen LogP contribution in [0.4, 0.5) is 10.1 Å². The number of halogens is 1. The van der Waals surface area contributed by atoms with Crippen LogP contribution in [0.1, 0.15) is 16.8 Å². The van der Waals surface area contributed by atoms with Crippen LogP contribution in [0.25, 0.3) is 0 Å². The molecule has 0 aromatic heterocycles. The number of benzene rings is 1. The molecule has 18 heavy (non-hydrogen) atoms. The molecule has 4 nitrogen and oxygen atoms in total. The average Bonchev–Trinajstić information content (AvgIpc) is 2.77. The molecule has 1 aromatic rings. The number of nitrogen functional groups attached to an aromatic ring is 1. The van der Waals surface area contributed by atoms with Gasteiger partial charge in [0.1, 0.15) is 5.82 Å². The fraction of sp³-hybridized carbons (Fsp3) is 0.462. The van der Waals surface area contributed by atoms with Crippen molar-refractivity contribution in [3.05, 3.63) is 29.6 Å². The Morgan fingerprint density at radius 2 is 2.22 bits per heavy atom. The fourth-order valence-electron chi connectivity index (χ4n) is 2.22. The molecule has 0 aliphatic carbocycles. The number of amides is 1. The number of nitrogens with zero attached hydrogens (tertiary/aromatic N) is 2. The largest absolute Gasteiger partial charge is 0.399 e. The maximum Gasteiger partial charge on any atom is 0.256 e. The summed E-state index contributed by atoms with van der Waals surface area (Å²) in [4.78, 5) is 16.0. The minimum atomic E-state index is -0.548. The highest BCUT2D eigenvalue weighted by Crippen LogP contribution is 2.19. The molecule has 1 aromatic carbocycles. The highest BCUT2D eigenvalue weighted by molar-refractivity contribution is 5.95. The van der Waals surface area contributed by atoms with Gasteiger partial charge in [0.25, 0.3) is 5.91 Å². The van der Waals surface area contributed by atoms with Crippen molar-refractivity contribution in [2.24, 2.45) is 0 Å². The Morgan fingerprint density at radius 1 is 1.50 bits per heavy atom. The van der Waals surface area contributed by atoms with Crippen LogP contribution in [-0.2, 0) is 0 Å². The molecule has 0 spiro atoms. The standard InChI is InChI=1S/C13H18FN3O/c1-16(2)10-5-6-17(8-10)13(18)11-4-3-9(15)7-12(11)14/h3-4,7,10H,5-6,8,15H2,1-2H3. The number of carbonyl (C=O) groups excluding carboxylic acids is 1. The van der Waals surface area contributed by atoms with Gasteiger partial charge in [-0.3, -0.25) is 4.79 Å². The zero-order chi connectivity index (χ0) is 13.3. The second-order valence-electron chi connectivity index (χ2n) is 4.90. The Hall–Kier alpha value is -1.62. The van der Waals surface area contributed by atoms with E-state index in [9.17, 15) is 9.18 Å². The third-order valence-electron chi connectivity index (χ3n) is 3.40. The number of likely N-dealkylation sites (N-methyl/N-ethyl adjacent to an activating group) is 1. The number of anilines is 1. The number of hydrogen-bond acceptors (Lipinski definition) is 3. The molecular formula is C13H18FN3O. The molecule has 1 aliphatic rings. The lowest BCUT2D eigenvalue weighted by atomic mass is 10.1. The molecule has 2 rings (SSSR count). The first kappa shape index (κ1) is 12.8. The molecule has 1 atom stereocenters. The molecule has 1 fully saturated rings. The second kappa shape index (κ2) is 4.94. The fourth-order valence-corrected chi connectivity index (χ4v) is 2.22. The smallest absolute Gasteiger partial charge is 0.256 e. The summed E-state index contributed by atoms with van der Waals surface area (Å²) in [5, 5.41) is 0. The maximum absolute atomic E-state index is 13.7. The lowest BCUT2D eigenvalue weighted by Crippen LogP contribution is -2.34. The monoisotopic (exact) mass is 251 g/mol. The first-order valence-corrected chi connectivity index (χ1v) is 6.00. The van der Waals surface area contributed by atoms with Gasteiger partial charge >= 0.3 is 0 Å². The molecule has 2 N–H and O–H groups in total. The molecule has 5 heteroatoms. The van der Waals surface area contributed by atoms with Gasteiger partial charge in [0.15, 0.2) is 0 Å². The minimum Gasteiger partial charge on any atom is -0.399 e. The van der Waals surface area contributed by atoms with Crippen molar-refractivity contribution >= 4 is 11.6 Å². The Kier molecular flexibility index (Phi) is 3.52. The summed E-state index contributed by atoms with van der Waals surface area (Å²) < 4.78 is 13.7. The summed E-state index contributed by atoms with van der Waals surface area (Å²) in [6.07, 6.45) is 0.926. The zero-order valence-corrected chi connectivity index (χ0v) is 10.7. The van der Waals surface area contributed by atoms with Gasteiger partial charge in [-0.15, -0.1) is 0 Å². The van der Waals surface area contributed by atoms with E-state index < -0.39 is 5.82 Å². The Bertz CT molecular complexity index is 462. The zero-order valence-electron chi connectivity index (χ0n) is 10.7. The predicted octanol–water partition coefficient (Wildman–Crippen LogP) is 1.18. The van der Waals surface area contributed by atoms with Crippen LogP contribution in [0.3, 0.4) is 0 Å². The lowest BCUT2D eigenvalue weighted by molar-refractivity contribution is 0.0778. The first-order valence-electron chi connectivity index (χ1n) is 6.00. The first-order chi connectivity index (χ1) is 8.49. The molecule has 1 unspecified atom stereocenters. The number of rotatable bonds is 2. The summed E-state index contributed by atoms with van der Waals surface area (Å²) in [7, 11) is 3.98. The van der Waals surface area contributed by atoms with Crippen LogP contribution in [0.5, 0.6) is 0 Å². The van der Waals surface area contributed by atoms with E-state index >= 15 is 0 Å². The molecule has 1 amide bonds. The van der Waals surface area contributed by atoms with Gasteiger partial charge in [0, 0.05) is 24.8 Å². The van der Waals surface area contributed by atoms with Gasteiger partial charge < -0.3 is 15.5 Å². The molecular weight excluding hydrogens is 233 g/mol. The minimum absolute atomic E-state index is 0.101. The highest BCUT2D eigenvalue weighted by atomic mass is 19.1. The topological polar surface area (TPSA) is 49.6 Å². The van der Waals surface area contributed by atoms with Gasteiger partial charge in [-0.2, -0.15) is 0 Å². The number of likely N-dealkylation sites (tertiary alicyclic amines) is 1. The Balaban J connectivity index is 2.13. The Morgan fingerprint density at radius 3 is 2.78 bits per heavy atom. The lowest BCUT2D eigenvalue weighted by Gasteiger charge is -2.20. The van der Waals surface area contributed by atoms with Crippen molar-refractivity contribution in [2.75, 3.05) is 32.9 Å².